The van der Waals surface area contributed by atoms with Crippen LogP contribution in [0.5, 0.6) is 0 Å². The maximum absolute atomic E-state index is 11.8. The fraction of sp³-hybridized carbons (Fsp3) is 0.462. The molecular weight excluding hydrogens is 282 g/mol. The van der Waals surface area contributed by atoms with Gasteiger partial charge in [-0.1, -0.05) is 30.3 Å². The lowest BCUT2D eigenvalue weighted by Gasteiger charge is -2.14. The molecule has 1 unspecified atom stereocenters. The number of sulfonamides is 1. The molecule has 0 aliphatic heterocycles. The second-order valence-corrected chi connectivity index (χ2v) is 6.24. The molecular formula is C13H19NO5S. The van der Waals surface area contributed by atoms with E-state index in [1.54, 1.807) is 24.3 Å². The number of benzene rings is 1. The average Bonchev–Trinajstić information content (AvgIpc) is 2.39. The van der Waals surface area contributed by atoms with Gasteiger partial charge in [0.25, 0.3) is 0 Å². The molecule has 0 spiro atoms. The first-order valence-electron chi connectivity index (χ1n) is 6.20. The third-order valence-corrected chi connectivity index (χ3v) is 4.13. The van der Waals surface area contributed by atoms with Gasteiger partial charge >= 0.3 is 5.97 Å². The number of hydrogen-bond acceptors (Lipinski definition) is 4. The monoisotopic (exact) mass is 301 g/mol. The molecule has 7 heteroatoms. The van der Waals surface area contributed by atoms with Gasteiger partial charge in [-0.2, -0.15) is 0 Å². The molecule has 1 aromatic carbocycles. The summed E-state index contributed by atoms with van der Waals surface area (Å²) in [5.41, 5.74) is 0.763. The van der Waals surface area contributed by atoms with Gasteiger partial charge in [-0.3, -0.25) is 4.79 Å². The molecule has 1 aromatic rings. The predicted octanol–water partition coefficient (Wildman–Crippen LogP) is 0.638. The highest BCUT2D eigenvalue weighted by molar-refractivity contribution is 7.89. The highest BCUT2D eigenvalue weighted by Gasteiger charge is 2.23. The molecule has 0 bridgehead atoms. The number of hydrogen-bond donors (Lipinski definition) is 2. The molecule has 0 heterocycles. The second kappa shape index (κ2) is 7.98. The summed E-state index contributed by atoms with van der Waals surface area (Å²) >= 11 is 0. The van der Waals surface area contributed by atoms with Crippen LogP contribution in [0.2, 0.25) is 0 Å². The summed E-state index contributed by atoms with van der Waals surface area (Å²) in [6, 6.07) is 7.73. The van der Waals surface area contributed by atoms with E-state index < -0.39 is 22.0 Å². The van der Waals surface area contributed by atoms with E-state index in [-0.39, 0.29) is 12.2 Å². The minimum absolute atomic E-state index is 0.111. The molecule has 0 aromatic heterocycles. The first kappa shape index (κ1) is 16.6. The van der Waals surface area contributed by atoms with Crippen molar-refractivity contribution < 1.29 is 23.1 Å². The van der Waals surface area contributed by atoms with Gasteiger partial charge < -0.3 is 9.84 Å². The molecule has 112 valence electrons. The normalized spacial score (nSPS) is 13.1. The van der Waals surface area contributed by atoms with Crippen molar-refractivity contribution in [3.63, 3.8) is 0 Å². The zero-order chi connectivity index (χ0) is 15.0. The molecule has 2 N–H and O–H groups in total. The topological polar surface area (TPSA) is 92.7 Å². The average molecular weight is 301 g/mol. The lowest BCUT2D eigenvalue weighted by atomic mass is 10.1. The number of carboxylic acids is 1. The summed E-state index contributed by atoms with van der Waals surface area (Å²) < 4.78 is 30.6. The van der Waals surface area contributed by atoms with Crippen molar-refractivity contribution in [2.24, 2.45) is 0 Å². The van der Waals surface area contributed by atoms with Crippen molar-refractivity contribution in [1.82, 2.24) is 4.72 Å². The molecule has 0 fully saturated rings. The van der Waals surface area contributed by atoms with Gasteiger partial charge in [0.05, 0.1) is 5.75 Å². The fourth-order valence-corrected chi connectivity index (χ4v) is 2.93. The largest absolute Gasteiger partial charge is 0.480 e. The van der Waals surface area contributed by atoms with E-state index >= 15 is 0 Å². The van der Waals surface area contributed by atoms with Crippen molar-refractivity contribution in [3.8, 4) is 0 Å². The smallest absolute Gasteiger partial charge is 0.322 e. The first-order chi connectivity index (χ1) is 9.44. The van der Waals surface area contributed by atoms with Gasteiger partial charge in [0, 0.05) is 13.7 Å². The van der Waals surface area contributed by atoms with Crippen molar-refractivity contribution in [2.45, 2.75) is 18.9 Å². The minimum atomic E-state index is -3.63. The summed E-state index contributed by atoms with van der Waals surface area (Å²) in [4.78, 5) is 11.2. The summed E-state index contributed by atoms with van der Waals surface area (Å²) in [6.07, 6.45) is 0.434. The van der Waals surface area contributed by atoms with Crippen LogP contribution in [0.15, 0.2) is 30.3 Å². The number of nitrogens with one attached hydrogen (secondary N) is 1. The van der Waals surface area contributed by atoms with Crippen molar-refractivity contribution >= 4 is 16.0 Å². The molecule has 6 nitrogen and oxygen atoms in total. The third-order valence-electron chi connectivity index (χ3n) is 2.66. The summed E-state index contributed by atoms with van der Waals surface area (Å²) in [5, 5.41) is 9.12. The van der Waals surface area contributed by atoms with Crippen LogP contribution < -0.4 is 4.72 Å². The maximum Gasteiger partial charge on any atom is 0.322 e. The number of carbonyl (C=O) groups is 1. The van der Waals surface area contributed by atoms with E-state index in [1.807, 2.05) is 6.07 Å². The lowest BCUT2D eigenvalue weighted by Crippen LogP contribution is -2.43. The minimum Gasteiger partial charge on any atom is -0.480 e. The highest BCUT2D eigenvalue weighted by Crippen LogP contribution is 2.05. The quantitative estimate of drug-likeness (QED) is 0.653. The lowest BCUT2D eigenvalue weighted by molar-refractivity contribution is -0.138. The first-order valence-corrected chi connectivity index (χ1v) is 7.85. The van der Waals surface area contributed by atoms with E-state index in [4.69, 9.17) is 9.84 Å². The van der Waals surface area contributed by atoms with Crippen molar-refractivity contribution in [3.05, 3.63) is 35.9 Å². The Balaban J connectivity index is 2.65. The Morgan fingerprint density at radius 2 is 2.00 bits per heavy atom. The SMILES string of the molecule is COCCCS(=O)(=O)NC(Cc1ccccc1)C(=O)O. The maximum atomic E-state index is 11.8. The van der Waals surface area contributed by atoms with Gasteiger partial charge in [0.1, 0.15) is 6.04 Å². The second-order valence-electron chi connectivity index (χ2n) is 4.36. The van der Waals surface area contributed by atoms with Crippen LogP contribution >= 0.6 is 0 Å². The Morgan fingerprint density at radius 1 is 1.35 bits per heavy atom. The molecule has 0 radical (unpaired) electrons. The third kappa shape index (κ3) is 6.14. The Morgan fingerprint density at radius 3 is 2.55 bits per heavy atom. The van der Waals surface area contributed by atoms with Gasteiger partial charge in [-0.15, -0.1) is 0 Å². The van der Waals surface area contributed by atoms with Crippen LogP contribution in [0.1, 0.15) is 12.0 Å². The van der Waals surface area contributed by atoms with Crippen LogP contribution in [-0.2, 0) is 26.0 Å². The Kier molecular flexibility index (Phi) is 6.63. The summed E-state index contributed by atoms with van der Waals surface area (Å²) in [6.45, 7) is 0.317. The molecule has 0 aliphatic rings. The summed E-state index contributed by atoms with van der Waals surface area (Å²) in [7, 11) is -2.15. The molecule has 0 amide bonds. The van der Waals surface area contributed by atoms with Crippen LogP contribution in [0.4, 0.5) is 0 Å². The molecule has 1 atom stereocenters. The number of rotatable bonds is 9. The number of carboxylic acid groups (broad SMARTS) is 1. The standard InChI is InChI=1S/C13H19NO5S/c1-19-8-5-9-20(17,18)14-12(13(15)16)10-11-6-3-2-4-7-11/h2-4,6-7,12,14H,5,8-10H2,1H3,(H,15,16). The molecule has 1 rings (SSSR count). The molecule has 20 heavy (non-hydrogen) atoms. The zero-order valence-electron chi connectivity index (χ0n) is 11.3. The molecule has 0 saturated carbocycles. The van der Waals surface area contributed by atoms with E-state index in [1.165, 1.54) is 7.11 Å². The van der Waals surface area contributed by atoms with E-state index in [9.17, 15) is 13.2 Å². The predicted molar refractivity (Wildman–Crippen MR) is 75.0 cm³/mol. The molecule has 0 saturated heterocycles. The van der Waals surface area contributed by atoms with Gasteiger partial charge in [-0.25, -0.2) is 13.1 Å². The van der Waals surface area contributed by atoms with Gasteiger partial charge in [0.2, 0.25) is 10.0 Å². The van der Waals surface area contributed by atoms with E-state index in [0.29, 0.717) is 13.0 Å². The number of aliphatic carboxylic acids is 1. The van der Waals surface area contributed by atoms with E-state index in [0.717, 1.165) is 5.56 Å². The van der Waals surface area contributed by atoms with Gasteiger partial charge in [0.15, 0.2) is 0 Å². The number of methoxy groups -OCH3 is 1. The van der Waals surface area contributed by atoms with Crippen LogP contribution in [0.3, 0.4) is 0 Å². The van der Waals surface area contributed by atoms with Crippen LogP contribution in [0.25, 0.3) is 0 Å². The summed E-state index contributed by atoms with van der Waals surface area (Å²) in [5.74, 6) is -1.34. The Labute approximate surface area is 118 Å². The fourth-order valence-electron chi connectivity index (χ4n) is 1.70. The number of ether oxygens (including phenoxy) is 1. The van der Waals surface area contributed by atoms with Gasteiger partial charge in [-0.05, 0) is 18.4 Å². The van der Waals surface area contributed by atoms with Crippen molar-refractivity contribution in [2.75, 3.05) is 19.5 Å². The van der Waals surface area contributed by atoms with Crippen LogP contribution in [-0.4, -0.2) is 45.0 Å². The van der Waals surface area contributed by atoms with Crippen LogP contribution in [0, 0.1) is 0 Å². The highest BCUT2D eigenvalue weighted by atomic mass is 32.2. The Hall–Kier alpha value is -1.44. The zero-order valence-corrected chi connectivity index (χ0v) is 12.1. The Bertz CT molecular complexity index is 515. The molecule has 0 aliphatic carbocycles. The van der Waals surface area contributed by atoms with Crippen molar-refractivity contribution in [1.29, 1.82) is 0 Å². The van der Waals surface area contributed by atoms with E-state index in [2.05, 4.69) is 4.72 Å².